The quantitative estimate of drug-likeness (QED) is 0.863. The molecule has 0 amide bonds. The third kappa shape index (κ3) is 3.41. The largest absolute Gasteiger partial charge is 0.304 e. The van der Waals surface area contributed by atoms with Crippen LogP contribution in [0.4, 0.5) is 0 Å². The summed E-state index contributed by atoms with van der Waals surface area (Å²) in [5.74, 6) is 0. The van der Waals surface area contributed by atoms with Crippen LogP contribution in [0.3, 0.4) is 0 Å². The van der Waals surface area contributed by atoms with Gasteiger partial charge in [-0.25, -0.2) is 0 Å². The van der Waals surface area contributed by atoms with Crippen LogP contribution >= 0.6 is 0 Å². The second-order valence-electron chi connectivity index (χ2n) is 4.58. The van der Waals surface area contributed by atoms with E-state index in [9.17, 15) is 0 Å². The Morgan fingerprint density at radius 2 is 1.89 bits per heavy atom. The van der Waals surface area contributed by atoms with Gasteiger partial charge in [0.05, 0.1) is 5.69 Å². The molecular formula is C16H20N2. The second-order valence-corrected chi connectivity index (χ2v) is 4.58. The van der Waals surface area contributed by atoms with E-state index in [1.165, 1.54) is 11.1 Å². The van der Waals surface area contributed by atoms with Gasteiger partial charge in [0.25, 0.3) is 0 Å². The Balaban J connectivity index is 1.97. The zero-order chi connectivity index (χ0) is 12.8. The first kappa shape index (κ1) is 12.8. The number of hydrogen-bond donors (Lipinski definition) is 1. The number of benzene rings is 1. The van der Waals surface area contributed by atoms with Gasteiger partial charge in [-0.05, 0) is 30.5 Å². The van der Waals surface area contributed by atoms with E-state index in [2.05, 4.69) is 66.6 Å². The molecule has 2 heteroatoms. The average molecular weight is 240 g/mol. The normalized spacial score (nSPS) is 12.3. The van der Waals surface area contributed by atoms with E-state index in [-0.39, 0.29) is 0 Å². The van der Waals surface area contributed by atoms with Crippen molar-refractivity contribution in [1.29, 1.82) is 0 Å². The number of aromatic nitrogens is 1. The maximum atomic E-state index is 4.42. The molecule has 0 aliphatic heterocycles. The minimum absolute atomic E-state index is 0.398. The van der Waals surface area contributed by atoms with Crippen molar-refractivity contribution in [3.05, 3.63) is 65.5 Å². The highest BCUT2D eigenvalue weighted by atomic mass is 14.9. The van der Waals surface area contributed by atoms with E-state index in [1.54, 1.807) is 0 Å². The molecule has 0 aliphatic carbocycles. The van der Waals surface area contributed by atoms with Gasteiger partial charge in [-0.2, -0.15) is 0 Å². The lowest BCUT2D eigenvalue weighted by Gasteiger charge is -2.17. The molecule has 0 saturated heterocycles. The number of rotatable bonds is 5. The highest BCUT2D eigenvalue weighted by molar-refractivity contribution is 5.19. The summed E-state index contributed by atoms with van der Waals surface area (Å²) in [7, 11) is 0. The first-order valence-corrected chi connectivity index (χ1v) is 6.49. The lowest BCUT2D eigenvalue weighted by Crippen LogP contribution is -2.20. The molecule has 1 atom stereocenters. The van der Waals surface area contributed by atoms with Gasteiger partial charge in [0.2, 0.25) is 0 Å². The van der Waals surface area contributed by atoms with Gasteiger partial charge in [-0.1, -0.05) is 43.3 Å². The highest BCUT2D eigenvalue weighted by Gasteiger charge is 2.07. The molecule has 2 rings (SSSR count). The molecule has 1 aromatic heterocycles. The van der Waals surface area contributed by atoms with Gasteiger partial charge in [-0.3, -0.25) is 4.98 Å². The molecule has 1 aromatic carbocycles. The van der Waals surface area contributed by atoms with Crippen LogP contribution in [0.5, 0.6) is 0 Å². The Morgan fingerprint density at radius 1 is 1.11 bits per heavy atom. The lowest BCUT2D eigenvalue weighted by atomic mass is 10.0. The minimum Gasteiger partial charge on any atom is -0.304 e. The third-order valence-electron chi connectivity index (χ3n) is 3.11. The molecule has 94 valence electrons. The summed E-state index contributed by atoms with van der Waals surface area (Å²) in [4.78, 5) is 4.42. The molecule has 0 aliphatic rings. The van der Waals surface area contributed by atoms with Crippen LogP contribution < -0.4 is 5.32 Å². The Kier molecular flexibility index (Phi) is 4.48. The van der Waals surface area contributed by atoms with Crippen LogP contribution in [0.1, 0.15) is 36.2 Å². The highest BCUT2D eigenvalue weighted by Crippen LogP contribution is 2.16. The number of pyridine rings is 1. The van der Waals surface area contributed by atoms with Gasteiger partial charge < -0.3 is 5.32 Å². The van der Waals surface area contributed by atoms with Crippen molar-refractivity contribution in [3.63, 3.8) is 0 Å². The summed E-state index contributed by atoms with van der Waals surface area (Å²) in [6, 6.07) is 15.2. The maximum absolute atomic E-state index is 4.42. The zero-order valence-corrected chi connectivity index (χ0v) is 11.1. The van der Waals surface area contributed by atoms with Crippen LogP contribution in [0.15, 0.2) is 48.7 Å². The van der Waals surface area contributed by atoms with E-state index in [1.807, 2.05) is 6.20 Å². The molecular weight excluding hydrogens is 220 g/mol. The molecule has 1 heterocycles. The van der Waals surface area contributed by atoms with E-state index in [0.717, 1.165) is 18.7 Å². The Bertz CT molecular complexity index is 462. The predicted molar refractivity (Wildman–Crippen MR) is 75.3 cm³/mol. The first-order chi connectivity index (χ1) is 8.79. The zero-order valence-electron chi connectivity index (χ0n) is 11.1. The van der Waals surface area contributed by atoms with Crippen molar-refractivity contribution < 1.29 is 0 Å². The monoisotopic (exact) mass is 240 g/mol. The lowest BCUT2D eigenvalue weighted by molar-refractivity contribution is 0.514. The molecule has 0 saturated carbocycles. The van der Waals surface area contributed by atoms with Gasteiger partial charge in [0.15, 0.2) is 0 Å². The molecule has 18 heavy (non-hydrogen) atoms. The van der Waals surface area contributed by atoms with E-state index >= 15 is 0 Å². The SMILES string of the molecule is CCC(NCc1ccc(C)cn1)c1ccccc1. The smallest absolute Gasteiger partial charge is 0.0542 e. The van der Waals surface area contributed by atoms with Crippen LogP contribution in [-0.2, 0) is 6.54 Å². The van der Waals surface area contributed by atoms with Crippen molar-refractivity contribution >= 4 is 0 Å². The summed E-state index contributed by atoms with van der Waals surface area (Å²) < 4.78 is 0. The fraction of sp³-hybridized carbons (Fsp3) is 0.312. The van der Waals surface area contributed by atoms with Crippen molar-refractivity contribution in [2.24, 2.45) is 0 Å². The number of nitrogens with zero attached hydrogens (tertiary/aromatic N) is 1. The summed E-state index contributed by atoms with van der Waals surface area (Å²) in [5.41, 5.74) is 3.64. The van der Waals surface area contributed by atoms with Crippen LogP contribution in [0, 0.1) is 6.92 Å². The Morgan fingerprint density at radius 3 is 2.50 bits per heavy atom. The first-order valence-electron chi connectivity index (χ1n) is 6.49. The molecule has 0 fully saturated rings. The molecule has 0 bridgehead atoms. The molecule has 2 nitrogen and oxygen atoms in total. The van der Waals surface area contributed by atoms with Crippen molar-refractivity contribution in [1.82, 2.24) is 10.3 Å². The third-order valence-corrected chi connectivity index (χ3v) is 3.11. The van der Waals surface area contributed by atoms with Gasteiger partial charge >= 0.3 is 0 Å². The van der Waals surface area contributed by atoms with Gasteiger partial charge in [0.1, 0.15) is 0 Å². The van der Waals surface area contributed by atoms with Crippen molar-refractivity contribution in [3.8, 4) is 0 Å². The molecule has 2 aromatic rings. The topological polar surface area (TPSA) is 24.9 Å². The van der Waals surface area contributed by atoms with Crippen molar-refractivity contribution in [2.75, 3.05) is 0 Å². The molecule has 1 N–H and O–H groups in total. The van der Waals surface area contributed by atoms with Crippen LogP contribution in [0.2, 0.25) is 0 Å². The number of nitrogens with one attached hydrogen (secondary N) is 1. The second kappa shape index (κ2) is 6.31. The fourth-order valence-electron chi connectivity index (χ4n) is 2.01. The molecule has 1 unspecified atom stereocenters. The van der Waals surface area contributed by atoms with Crippen LogP contribution in [0.25, 0.3) is 0 Å². The predicted octanol–water partition coefficient (Wildman–Crippen LogP) is 3.63. The summed E-state index contributed by atoms with van der Waals surface area (Å²) in [6.45, 7) is 5.07. The Hall–Kier alpha value is -1.67. The summed E-state index contributed by atoms with van der Waals surface area (Å²) >= 11 is 0. The number of aryl methyl sites for hydroxylation is 1. The molecule has 0 radical (unpaired) electrons. The van der Waals surface area contributed by atoms with E-state index in [4.69, 9.17) is 0 Å². The minimum atomic E-state index is 0.398. The molecule has 0 spiro atoms. The van der Waals surface area contributed by atoms with E-state index in [0.29, 0.717) is 6.04 Å². The van der Waals surface area contributed by atoms with Crippen LogP contribution in [-0.4, -0.2) is 4.98 Å². The number of hydrogen-bond acceptors (Lipinski definition) is 2. The fourth-order valence-corrected chi connectivity index (χ4v) is 2.01. The maximum Gasteiger partial charge on any atom is 0.0542 e. The van der Waals surface area contributed by atoms with Gasteiger partial charge in [0, 0.05) is 18.8 Å². The summed E-state index contributed by atoms with van der Waals surface area (Å²) in [5, 5.41) is 3.56. The van der Waals surface area contributed by atoms with Crippen molar-refractivity contribution in [2.45, 2.75) is 32.9 Å². The van der Waals surface area contributed by atoms with E-state index < -0.39 is 0 Å². The average Bonchev–Trinajstić information content (AvgIpc) is 2.43. The standard InChI is InChI=1S/C16H20N2/c1-3-16(14-7-5-4-6-8-14)18-12-15-10-9-13(2)11-17-15/h4-11,16,18H,3,12H2,1-2H3. The Labute approximate surface area is 109 Å². The van der Waals surface area contributed by atoms with Gasteiger partial charge in [-0.15, -0.1) is 0 Å². The summed E-state index contributed by atoms with van der Waals surface area (Å²) in [6.07, 6.45) is 3.00.